The molecule has 0 aromatic carbocycles. The first-order chi connectivity index (χ1) is 11.4. The molecular formula is C17H23N3O4. The van der Waals surface area contributed by atoms with E-state index in [-0.39, 0.29) is 22.4 Å². The second-order valence-corrected chi connectivity index (χ2v) is 5.72. The van der Waals surface area contributed by atoms with Crippen molar-refractivity contribution in [2.45, 2.75) is 33.4 Å². The quantitative estimate of drug-likeness (QED) is 0.649. The summed E-state index contributed by atoms with van der Waals surface area (Å²) in [6.45, 7) is 6.26. The molecule has 2 aromatic rings. The molecule has 0 aliphatic carbocycles. The molecule has 0 amide bonds. The third-order valence-corrected chi connectivity index (χ3v) is 4.11. The van der Waals surface area contributed by atoms with Crippen molar-refractivity contribution in [3.05, 3.63) is 56.4 Å². The fourth-order valence-corrected chi connectivity index (χ4v) is 2.51. The Bertz CT molecular complexity index is 754. The molecule has 24 heavy (non-hydrogen) atoms. The molecule has 130 valence electrons. The largest absolute Gasteiger partial charge is 0.503 e. The number of pyridine rings is 2. The van der Waals surface area contributed by atoms with E-state index in [1.807, 2.05) is 9.13 Å². The van der Waals surface area contributed by atoms with Crippen LogP contribution in [0, 0.1) is 13.8 Å². The number of aryl methyl sites for hydroxylation is 1. The summed E-state index contributed by atoms with van der Waals surface area (Å²) in [6, 6.07) is 2.72. The number of rotatable bonds is 7. The lowest BCUT2D eigenvalue weighted by Gasteiger charge is -2.13. The van der Waals surface area contributed by atoms with Gasteiger partial charge in [-0.2, -0.15) is 0 Å². The van der Waals surface area contributed by atoms with Crippen LogP contribution in [-0.4, -0.2) is 32.4 Å². The van der Waals surface area contributed by atoms with Crippen LogP contribution < -0.4 is 16.2 Å². The molecule has 0 unspecified atom stereocenters. The second kappa shape index (κ2) is 7.83. The first-order valence-electron chi connectivity index (χ1n) is 7.90. The lowest BCUT2D eigenvalue weighted by Crippen LogP contribution is -2.23. The van der Waals surface area contributed by atoms with Gasteiger partial charge >= 0.3 is 0 Å². The Labute approximate surface area is 139 Å². The summed E-state index contributed by atoms with van der Waals surface area (Å²) in [4.78, 5) is 22.6. The Morgan fingerprint density at radius 1 is 0.875 bits per heavy atom. The fourth-order valence-electron chi connectivity index (χ4n) is 2.51. The molecule has 2 heterocycles. The molecule has 2 aromatic heterocycles. The molecule has 0 aliphatic heterocycles. The SMILES string of the molecule is Cc1c(O)c(=O)ccn1CCCNCCn1ccc(=O)c(O)c1C. The van der Waals surface area contributed by atoms with Crippen molar-refractivity contribution in [3.63, 3.8) is 0 Å². The third kappa shape index (κ3) is 4.05. The number of hydrogen-bond donors (Lipinski definition) is 3. The number of nitrogens with zero attached hydrogens (tertiary/aromatic N) is 2. The minimum absolute atomic E-state index is 0.195. The molecule has 3 N–H and O–H groups in total. The average molecular weight is 333 g/mol. The Morgan fingerprint density at radius 3 is 1.92 bits per heavy atom. The van der Waals surface area contributed by atoms with Crippen LogP contribution >= 0.6 is 0 Å². The summed E-state index contributed by atoms with van der Waals surface area (Å²) >= 11 is 0. The first-order valence-corrected chi connectivity index (χ1v) is 7.90. The molecule has 0 spiro atoms. The van der Waals surface area contributed by atoms with Gasteiger partial charge in [0.1, 0.15) is 0 Å². The average Bonchev–Trinajstić information content (AvgIpc) is 2.57. The van der Waals surface area contributed by atoms with Crippen molar-refractivity contribution >= 4 is 0 Å². The van der Waals surface area contributed by atoms with E-state index in [0.717, 1.165) is 13.0 Å². The lowest BCUT2D eigenvalue weighted by atomic mass is 10.3. The molecule has 0 atom stereocenters. The smallest absolute Gasteiger partial charge is 0.223 e. The molecule has 0 radical (unpaired) electrons. The summed E-state index contributed by atoms with van der Waals surface area (Å²) in [7, 11) is 0. The minimum Gasteiger partial charge on any atom is -0.503 e. The van der Waals surface area contributed by atoms with Gasteiger partial charge in [0.05, 0.1) is 11.4 Å². The van der Waals surface area contributed by atoms with Crippen molar-refractivity contribution in [1.82, 2.24) is 14.5 Å². The standard InChI is InChI=1S/C17H23N3O4/c1-12-16(23)14(21)4-9-19(12)8-3-6-18-7-11-20-10-5-15(22)17(24)13(20)2/h4-5,9-10,18,23-24H,3,6-8,11H2,1-2H3. The fraction of sp³-hybridized carbons (Fsp3) is 0.412. The zero-order chi connectivity index (χ0) is 17.7. The zero-order valence-corrected chi connectivity index (χ0v) is 14.0. The van der Waals surface area contributed by atoms with E-state index in [0.29, 0.717) is 31.0 Å². The Hall–Kier alpha value is -2.54. The number of aromatic nitrogens is 2. The van der Waals surface area contributed by atoms with Crippen molar-refractivity contribution in [3.8, 4) is 11.5 Å². The van der Waals surface area contributed by atoms with Gasteiger partial charge in [0.15, 0.2) is 11.5 Å². The summed E-state index contributed by atoms with van der Waals surface area (Å²) < 4.78 is 3.68. The summed E-state index contributed by atoms with van der Waals surface area (Å²) in [5, 5.41) is 22.5. The Balaban J connectivity index is 1.76. The van der Waals surface area contributed by atoms with Gasteiger partial charge in [0.2, 0.25) is 10.9 Å². The van der Waals surface area contributed by atoms with Gasteiger partial charge in [-0.25, -0.2) is 0 Å². The van der Waals surface area contributed by atoms with E-state index in [9.17, 15) is 19.8 Å². The van der Waals surface area contributed by atoms with Crippen molar-refractivity contribution < 1.29 is 10.2 Å². The molecular weight excluding hydrogens is 310 g/mol. The molecule has 0 aliphatic rings. The first kappa shape index (κ1) is 17.8. The maximum Gasteiger partial charge on any atom is 0.223 e. The number of aromatic hydroxyl groups is 2. The van der Waals surface area contributed by atoms with E-state index >= 15 is 0 Å². The predicted molar refractivity (Wildman–Crippen MR) is 91.7 cm³/mol. The van der Waals surface area contributed by atoms with E-state index in [4.69, 9.17) is 0 Å². The van der Waals surface area contributed by atoms with Crippen LogP contribution in [0.5, 0.6) is 11.5 Å². The summed E-state index contributed by atoms with van der Waals surface area (Å²) in [5.41, 5.74) is 0.406. The number of nitrogens with one attached hydrogen (secondary N) is 1. The molecule has 0 bridgehead atoms. The van der Waals surface area contributed by atoms with Gasteiger partial charge in [-0.1, -0.05) is 0 Å². The van der Waals surface area contributed by atoms with Crippen LogP contribution in [0.15, 0.2) is 34.1 Å². The Morgan fingerprint density at radius 2 is 1.38 bits per heavy atom. The lowest BCUT2D eigenvalue weighted by molar-refractivity contribution is 0.446. The Kier molecular flexibility index (Phi) is 5.81. The van der Waals surface area contributed by atoms with E-state index in [1.165, 1.54) is 12.1 Å². The molecule has 7 heteroatoms. The molecule has 0 fully saturated rings. The summed E-state index contributed by atoms with van der Waals surface area (Å²) in [5.74, 6) is -0.398. The molecule has 0 saturated carbocycles. The summed E-state index contributed by atoms with van der Waals surface area (Å²) in [6.07, 6.45) is 4.20. The van der Waals surface area contributed by atoms with Crippen molar-refractivity contribution in [1.29, 1.82) is 0 Å². The van der Waals surface area contributed by atoms with E-state index in [1.54, 1.807) is 26.2 Å². The van der Waals surface area contributed by atoms with Gasteiger partial charge in [0, 0.05) is 44.2 Å². The highest BCUT2D eigenvalue weighted by Gasteiger charge is 2.05. The van der Waals surface area contributed by atoms with E-state index < -0.39 is 0 Å². The highest BCUT2D eigenvalue weighted by atomic mass is 16.3. The maximum absolute atomic E-state index is 11.3. The minimum atomic E-state index is -0.364. The van der Waals surface area contributed by atoms with E-state index in [2.05, 4.69) is 5.32 Å². The van der Waals surface area contributed by atoms with Gasteiger partial charge in [-0.15, -0.1) is 0 Å². The van der Waals surface area contributed by atoms with Crippen molar-refractivity contribution in [2.24, 2.45) is 0 Å². The van der Waals surface area contributed by atoms with Crippen molar-refractivity contribution in [2.75, 3.05) is 13.1 Å². The molecule has 0 saturated heterocycles. The van der Waals surface area contributed by atoms with Gasteiger partial charge in [-0.3, -0.25) is 9.59 Å². The third-order valence-electron chi connectivity index (χ3n) is 4.11. The second-order valence-electron chi connectivity index (χ2n) is 5.72. The highest BCUT2D eigenvalue weighted by molar-refractivity contribution is 5.25. The number of hydrogen-bond acceptors (Lipinski definition) is 5. The van der Waals surface area contributed by atoms with Gasteiger partial charge in [0.25, 0.3) is 0 Å². The van der Waals surface area contributed by atoms with Crippen LogP contribution in [0.2, 0.25) is 0 Å². The molecule has 7 nitrogen and oxygen atoms in total. The van der Waals surface area contributed by atoms with Crippen LogP contribution in [0.4, 0.5) is 0 Å². The van der Waals surface area contributed by atoms with Gasteiger partial charge < -0.3 is 24.7 Å². The molecule has 2 rings (SSSR count). The predicted octanol–water partition coefficient (Wildman–Crippen LogP) is 0.718. The highest BCUT2D eigenvalue weighted by Crippen LogP contribution is 2.10. The zero-order valence-electron chi connectivity index (χ0n) is 14.0. The van der Waals surface area contributed by atoms with Crippen LogP contribution in [0.1, 0.15) is 17.8 Å². The maximum atomic E-state index is 11.3. The van der Waals surface area contributed by atoms with Gasteiger partial charge in [-0.05, 0) is 26.8 Å². The van der Waals surface area contributed by atoms with Crippen LogP contribution in [-0.2, 0) is 13.1 Å². The van der Waals surface area contributed by atoms with Crippen LogP contribution in [0.3, 0.4) is 0 Å². The normalized spacial score (nSPS) is 10.9. The topological polar surface area (TPSA) is 96.5 Å². The van der Waals surface area contributed by atoms with Crippen LogP contribution in [0.25, 0.3) is 0 Å². The monoisotopic (exact) mass is 333 g/mol.